The highest BCUT2D eigenvalue weighted by molar-refractivity contribution is 5.81. The summed E-state index contributed by atoms with van der Waals surface area (Å²) in [5.41, 5.74) is -0.0820. The maximum atomic E-state index is 12.4. The topological polar surface area (TPSA) is 32.8 Å². The van der Waals surface area contributed by atoms with Gasteiger partial charge in [0.1, 0.15) is 0 Å². The first kappa shape index (κ1) is 16.8. The van der Waals surface area contributed by atoms with Crippen LogP contribution in [-0.4, -0.2) is 60.1 Å². The molecule has 122 valence electrons. The Morgan fingerprint density at radius 3 is 2.29 bits per heavy atom. The Hall–Kier alpha value is -0.610. The molecule has 0 aliphatic carbocycles. The number of morpholine rings is 1. The molecule has 0 spiro atoms. The van der Waals surface area contributed by atoms with E-state index in [0.29, 0.717) is 5.92 Å². The van der Waals surface area contributed by atoms with Gasteiger partial charge in [0.15, 0.2) is 0 Å². The lowest BCUT2D eigenvalue weighted by Gasteiger charge is -2.43. The van der Waals surface area contributed by atoms with Crippen LogP contribution in [0.4, 0.5) is 0 Å². The first-order valence-electron chi connectivity index (χ1n) is 8.25. The van der Waals surface area contributed by atoms with Crippen molar-refractivity contribution in [3.8, 4) is 0 Å². The zero-order chi connectivity index (χ0) is 15.8. The van der Waals surface area contributed by atoms with Crippen LogP contribution >= 0.6 is 0 Å². The van der Waals surface area contributed by atoms with Gasteiger partial charge in [-0.15, -0.1) is 0 Å². The van der Waals surface area contributed by atoms with Crippen LogP contribution in [0.2, 0.25) is 0 Å². The van der Waals surface area contributed by atoms with Gasteiger partial charge in [0.25, 0.3) is 0 Å². The van der Waals surface area contributed by atoms with E-state index in [1.54, 1.807) is 0 Å². The molecule has 2 atom stereocenters. The lowest BCUT2D eigenvalue weighted by atomic mass is 9.94. The van der Waals surface area contributed by atoms with Crippen molar-refractivity contribution in [3.63, 3.8) is 0 Å². The Labute approximate surface area is 129 Å². The molecule has 4 nitrogen and oxygen atoms in total. The largest absolute Gasteiger partial charge is 0.375 e. The van der Waals surface area contributed by atoms with E-state index >= 15 is 0 Å². The molecular weight excluding hydrogens is 264 g/mol. The number of likely N-dealkylation sites (tertiary alicyclic amines) is 1. The van der Waals surface area contributed by atoms with Gasteiger partial charge in [0, 0.05) is 43.1 Å². The lowest BCUT2D eigenvalue weighted by molar-refractivity contribution is -0.139. The molecule has 2 rings (SSSR count). The molecule has 0 radical (unpaired) electrons. The van der Waals surface area contributed by atoms with E-state index in [1.807, 2.05) is 25.7 Å². The molecule has 21 heavy (non-hydrogen) atoms. The fourth-order valence-corrected chi connectivity index (χ4v) is 3.32. The number of rotatable bonds is 1. The van der Waals surface area contributed by atoms with Gasteiger partial charge in [-0.2, -0.15) is 0 Å². The number of ether oxygens (including phenoxy) is 1. The SMILES string of the molecule is CC(C)(C)C(=O)N1CCC(C2CN(C(C)(C)C)CCO2)C1. The fourth-order valence-electron chi connectivity index (χ4n) is 3.32. The minimum Gasteiger partial charge on any atom is -0.375 e. The van der Waals surface area contributed by atoms with Gasteiger partial charge in [0.05, 0.1) is 12.7 Å². The summed E-state index contributed by atoms with van der Waals surface area (Å²) in [7, 11) is 0. The Balaban J connectivity index is 1.94. The minimum atomic E-state index is -0.278. The number of hydrogen-bond acceptors (Lipinski definition) is 3. The van der Waals surface area contributed by atoms with Crippen LogP contribution in [0.1, 0.15) is 48.0 Å². The summed E-state index contributed by atoms with van der Waals surface area (Å²) in [5.74, 6) is 0.759. The van der Waals surface area contributed by atoms with Crippen LogP contribution in [-0.2, 0) is 9.53 Å². The molecule has 0 saturated carbocycles. The quantitative estimate of drug-likeness (QED) is 0.745. The monoisotopic (exact) mass is 296 g/mol. The molecule has 0 bridgehead atoms. The van der Waals surface area contributed by atoms with Gasteiger partial charge in [-0.05, 0) is 27.2 Å². The van der Waals surface area contributed by atoms with Crippen molar-refractivity contribution < 1.29 is 9.53 Å². The smallest absolute Gasteiger partial charge is 0.227 e. The fraction of sp³-hybridized carbons (Fsp3) is 0.941. The molecule has 2 saturated heterocycles. The molecule has 2 aliphatic rings. The summed E-state index contributed by atoms with van der Waals surface area (Å²) < 4.78 is 6.02. The second-order valence-corrected chi connectivity index (χ2v) is 8.58. The molecule has 1 amide bonds. The zero-order valence-electron chi connectivity index (χ0n) is 14.6. The first-order chi connectivity index (χ1) is 9.59. The number of carbonyl (C=O) groups excluding carboxylic acids is 1. The highest BCUT2D eigenvalue weighted by Crippen LogP contribution is 2.29. The zero-order valence-corrected chi connectivity index (χ0v) is 14.6. The van der Waals surface area contributed by atoms with Gasteiger partial charge in [-0.1, -0.05) is 20.8 Å². The lowest BCUT2D eigenvalue weighted by Crippen LogP contribution is -2.53. The van der Waals surface area contributed by atoms with E-state index in [4.69, 9.17) is 4.74 Å². The summed E-state index contributed by atoms with van der Waals surface area (Å²) >= 11 is 0. The second kappa shape index (κ2) is 5.88. The van der Waals surface area contributed by atoms with E-state index in [9.17, 15) is 4.79 Å². The highest BCUT2D eigenvalue weighted by atomic mass is 16.5. The van der Waals surface area contributed by atoms with Crippen molar-refractivity contribution in [3.05, 3.63) is 0 Å². The average Bonchev–Trinajstić information content (AvgIpc) is 2.85. The van der Waals surface area contributed by atoms with Crippen LogP contribution in [0.25, 0.3) is 0 Å². The summed E-state index contributed by atoms with van der Waals surface area (Å²) in [6, 6.07) is 0. The molecule has 2 unspecified atom stereocenters. The third kappa shape index (κ3) is 3.98. The van der Waals surface area contributed by atoms with Crippen molar-refractivity contribution >= 4 is 5.91 Å². The van der Waals surface area contributed by atoms with Gasteiger partial charge in [-0.25, -0.2) is 0 Å². The molecule has 0 aromatic rings. The van der Waals surface area contributed by atoms with Crippen LogP contribution in [0.5, 0.6) is 0 Å². The van der Waals surface area contributed by atoms with Gasteiger partial charge in [-0.3, -0.25) is 9.69 Å². The van der Waals surface area contributed by atoms with Crippen LogP contribution in [0, 0.1) is 11.3 Å². The Bertz CT molecular complexity index is 381. The third-order valence-corrected chi connectivity index (χ3v) is 4.72. The van der Waals surface area contributed by atoms with Gasteiger partial charge in [0.2, 0.25) is 5.91 Å². The Morgan fingerprint density at radius 2 is 1.71 bits per heavy atom. The standard InChI is InChI=1S/C17H32N2O2/c1-16(2,3)15(20)18-8-7-13(11-18)14-12-19(9-10-21-14)17(4,5)6/h13-14H,7-12H2,1-6H3. The van der Waals surface area contributed by atoms with Crippen molar-refractivity contribution in [1.82, 2.24) is 9.80 Å². The predicted molar refractivity (Wildman–Crippen MR) is 85.2 cm³/mol. The Kier molecular flexibility index (Phi) is 4.69. The molecule has 0 N–H and O–H groups in total. The molecule has 2 aliphatic heterocycles. The third-order valence-electron chi connectivity index (χ3n) is 4.72. The number of amides is 1. The maximum absolute atomic E-state index is 12.4. The van der Waals surface area contributed by atoms with Crippen molar-refractivity contribution in [2.45, 2.75) is 59.6 Å². The van der Waals surface area contributed by atoms with E-state index in [2.05, 4.69) is 25.7 Å². The summed E-state index contributed by atoms with van der Waals surface area (Å²) in [6.45, 7) is 17.4. The number of nitrogens with zero attached hydrogens (tertiary/aromatic N) is 2. The van der Waals surface area contributed by atoms with Gasteiger partial charge < -0.3 is 9.64 Å². The van der Waals surface area contributed by atoms with Crippen molar-refractivity contribution in [2.24, 2.45) is 11.3 Å². The molecular formula is C17H32N2O2. The normalized spacial score (nSPS) is 29.0. The van der Waals surface area contributed by atoms with Crippen LogP contribution in [0.3, 0.4) is 0 Å². The maximum Gasteiger partial charge on any atom is 0.227 e. The number of carbonyl (C=O) groups is 1. The summed E-state index contributed by atoms with van der Waals surface area (Å²) in [6.07, 6.45) is 1.35. The van der Waals surface area contributed by atoms with E-state index < -0.39 is 0 Å². The molecule has 4 heteroatoms. The second-order valence-electron chi connectivity index (χ2n) is 8.58. The highest BCUT2D eigenvalue weighted by Gasteiger charge is 2.39. The van der Waals surface area contributed by atoms with E-state index in [1.165, 1.54) is 0 Å². The Morgan fingerprint density at radius 1 is 1.05 bits per heavy atom. The predicted octanol–water partition coefficient (Wildman–Crippen LogP) is 2.38. The molecule has 2 heterocycles. The summed E-state index contributed by atoms with van der Waals surface area (Å²) in [5, 5.41) is 0. The van der Waals surface area contributed by atoms with E-state index in [0.717, 1.165) is 39.2 Å². The van der Waals surface area contributed by atoms with Crippen molar-refractivity contribution in [1.29, 1.82) is 0 Å². The summed E-state index contributed by atoms with van der Waals surface area (Å²) in [4.78, 5) is 16.9. The van der Waals surface area contributed by atoms with Gasteiger partial charge >= 0.3 is 0 Å². The molecule has 0 aromatic heterocycles. The average molecular weight is 296 g/mol. The number of hydrogen-bond donors (Lipinski definition) is 0. The molecule has 2 fully saturated rings. The molecule has 0 aromatic carbocycles. The van der Waals surface area contributed by atoms with Crippen LogP contribution in [0.15, 0.2) is 0 Å². The minimum absolute atomic E-state index is 0.196. The first-order valence-corrected chi connectivity index (χ1v) is 8.25. The van der Waals surface area contributed by atoms with Crippen molar-refractivity contribution in [2.75, 3.05) is 32.8 Å². The van der Waals surface area contributed by atoms with E-state index in [-0.39, 0.29) is 23.0 Å². The van der Waals surface area contributed by atoms with Crippen LogP contribution < -0.4 is 0 Å².